The lowest BCUT2D eigenvalue weighted by Gasteiger charge is -2.19. The normalized spacial score (nSPS) is 17.5. The van der Waals surface area contributed by atoms with Gasteiger partial charge in [0.2, 0.25) is 0 Å². The van der Waals surface area contributed by atoms with E-state index in [9.17, 15) is 19.2 Å². The van der Waals surface area contributed by atoms with Crippen molar-refractivity contribution in [3.05, 3.63) is 62.9 Å². The number of amides is 3. The molecule has 2 aromatic rings. The monoisotopic (exact) mass is 342 g/mol. The van der Waals surface area contributed by atoms with E-state index < -0.39 is 23.3 Å². The van der Waals surface area contributed by atoms with E-state index in [-0.39, 0.29) is 12.5 Å². The number of hydrogen-bond donors (Lipinski definition) is 0. The van der Waals surface area contributed by atoms with Crippen LogP contribution in [0.5, 0.6) is 0 Å². The van der Waals surface area contributed by atoms with Crippen molar-refractivity contribution in [2.45, 2.75) is 19.5 Å². The zero-order valence-electron chi connectivity index (χ0n) is 14.2. The van der Waals surface area contributed by atoms with Gasteiger partial charge in [-0.2, -0.15) is 0 Å². The lowest BCUT2D eigenvalue weighted by molar-refractivity contribution is -0.127. The average molecular weight is 342 g/mol. The van der Waals surface area contributed by atoms with Crippen LogP contribution in [0, 0.1) is 0 Å². The van der Waals surface area contributed by atoms with Crippen molar-refractivity contribution in [3.8, 4) is 0 Å². The van der Waals surface area contributed by atoms with E-state index >= 15 is 0 Å². The Morgan fingerprint density at radius 2 is 1.60 bits per heavy atom. The third-order valence-electron chi connectivity index (χ3n) is 4.43. The molecule has 8 nitrogen and oxygen atoms in total. The second-order valence-electron chi connectivity index (χ2n) is 5.96. The Kier molecular flexibility index (Phi) is 4.03. The molecule has 3 amide bonds. The highest BCUT2D eigenvalue weighted by Crippen LogP contribution is 2.26. The maximum absolute atomic E-state index is 12.7. The minimum absolute atomic E-state index is 0.132. The van der Waals surface area contributed by atoms with E-state index in [4.69, 9.17) is 0 Å². The van der Waals surface area contributed by atoms with Gasteiger partial charge in [0.25, 0.3) is 11.5 Å². The maximum atomic E-state index is 12.7. The molecule has 1 aliphatic rings. The van der Waals surface area contributed by atoms with Crippen LogP contribution in [0.15, 0.2) is 46.0 Å². The molecule has 1 unspecified atom stereocenters. The molecule has 0 radical (unpaired) electrons. The Bertz CT molecular complexity index is 961. The zero-order valence-corrected chi connectivity index (χ0v) is 14.2. The molecule has 1 aromatic heterocycles. The summed E-state index contributed by atoms with van der Waals surface area (Å²) in [5, 5.41) is 0. The summed E-state index contributed by atoms with van der Waals surface area (Å²) in [5.74, 6) is -0.373. The second-order valence-corrected chi connectivity index (χ2v) is 5.96. The quantitative estimate of drug-likeness (QED) is 0.758. The van der Waals surface area contributed by atoms with Crippen LogP contribution in [0.25, 0.3) is 0 Å². The predicted octanol–water partition coefficient (Wildman–Crippen LogP) is 0.441. The van der Waals surface area contributed by atoms with Gasteiger partial charge in [0.05, 0.1) is 6.54 Å². The zero-order chi connectivity index (χ0) is 18.3. The fourth-order valence-corrected chi connectivity index (χ4v) is 2.89. The van der Waals surface area contributed by atoms with Crippen molar-refractivity contribution in [1.29, 1.82) is 0 Å². The van der Waals surface area contributed by atoms with Crippen molar-refractivity contribution in [2.24, 2.45) is 14.1 Å². The largest absolute Gasteiger partial charge is 0.332 e. The molecule has 1 aromatic carbocycles. The first-order valence-electron chi connectivity index (χ1n) is 7.78. The van der Waals surface area contributed by atoms with Gasteiger partial charge in [-0.3, -0.25) is 28.5 Å². The highest BCUT2D eigenvalue weighted by Gasteiger charge is 2.43. The summed E-state index contributed by atoms with van der Waals surface area (Å²) in [6.45, 7) is 1.52. The molecule has 1 saturated heterocycles. The molecule has 0 aliphatic carbocycles. The van der Waals surface area contributed by atoms with Crippen LogP contribution in [0.1, 0.15) is 12.6 Å². The first-order chi connectivity index (χ1) is 11.8. The Hall–Kier alpha value is -3.16. The van der Waals surface area contributed by atoms with Crippen LogP contribution < -0.4 is 16.1 Å². The lowest BCUT2D eigenvalue weighted by atomic mass is 10.2. The number of carbonyl (C=O) groups is 2. The highest BCUT2D eigenvalue weighted by atomic mass is 16.2. The van der Waals surface area contributed by atoms with Crippen LogP contribution >= 0.6 is 0 Å². The topological polar surface area (TPSA) is 84.6 Å². The molecule has 0 bridgehead atoms. The average Bonchev–Trinajstić information content (AvgIpc) is 2.82. The Morgan fingerprint density at radius 3 is 2.24 bits per heavy atom. The number of para-hydroxylation sites is 1. The molecule has 1 atom stereocenters. The van der Waals surface area contributed by atoms with Crippen LogP contribution in [-0.2, 0) is 25.4 Å². The van der Waals surface area contributed by atoms with E-state index in [2.05, 4.69) is 0 Å². The summed E-state index contributed by atoms with van der Waals surface area (Å²) in [4.78, 5) is 51.6. The van der Waals surface area contributed by atoms with Gasteiger partial charge in [0.15, 0.2) is 0 Å². The van der Waals surface area contributed by atoms with Crippen LogP contribution in [0.3, 0.4) is 0 Å². The molecule has 1 fully saturated rings. The van der Waals surface area contributed by atoms with Crippen molar-refractivity contribution in [1.82, 2.24) is 14.0 Å². The van der Waals surface area contributed by atoms with Gasteiger partial charge in [-0.1, -0.05) is 18.2 Å². The first kappa shape index (κ1) is 16.7. The van der Waals surface area contributed by atoms with Crippen molar-refractivity contribution in [3.63, 3.8) is 0 Å². The minimum Gasteiger partial charge on any atom is -0.299 e. The number of nitrogens with zero attached hydrogens (tertiary/aromatic N) is 4. The van der Waals surface area contributed by atoms with E-state index in [0.29, 0.717) is 11.4 Å². The summed E-state index contributed by atoms with van der Waals surface area (Å²) in [5.41, 5.74) is -0.0645. The van der Waals surface area contributed by atoms with Gasteiger partial charge in [-0.25, -0.2) is 9.59 Å². The number of urea groups is 1. The van der Waals surface area contributed by atoms with Gasteiger partial charge >= 0.3 is 11.7 Å². The molecule has 0 saturated carbocycles. The number of anilines is 1. The fourth-order valence-electron chi connectivity index (χ4n) is 2.89. The fraction of sp³-hybridized carbons (Fsp3) is 0.294. The molecule has 2 heterocycles. The lowest BCUT2D eigenvalue weighted by Crippen LogP contribution is -2.40. The van der Waals surface area contributed by atoms with E-state index in [0.717, 1.165) is 9.47 Å². The molecule has 3 rings (SSSR count). The van der Waals surface area contributed by atoms with Crippen LogP contribution in [0.4, 0.5) is 10.5 Å². The molecule has 1 aliphatic heterocycles. The predicted molar refractivity (Wildman–Crippen MR) is 91.3 cm³/mol. The maximum Gasteiger partial charge on any atom is 0.332 e. The standard InChI is InChI=1S/C17H18N4O4/c1-11-15(23)20(17(25)21(11)12-7-5-4-6-8-12)10-13-9-14(22)19(3)16(24)18(13)2/h4-9,11H,10H2,1-3H3. The summed E-state index contributed by atoms with van der Waals surface area (Å²) >= 11 is 0. The summed E-state index contributed by atoms with van der Waals surface area (Å²) in [7, 11) is 2.88. The van der Waals surface area contributed by atoms with Crippen molar-refractivity contribution >= 4 is 17.6 Å². The van der Waals surface area contributed by atoms with Crippen molar-refractivity contribution < 1.29 is 9.59 Å². The molecular formula is C17H18N4O4. The second kappa shape index (κ2) is 6.04. The van der Waals surface area contributed by atoms with Crippen molar-refractivity contribution in [2.75, 3.05) is 4.90 Å². The molecular weight excluding hydrogens is 324 g/mol. The number of benzene rings is 1. The van der Waals surface area contributed by atoms with Crippen LogP contribution in [0.2, 0.25) is 0 Å². The summed E-state index contributed by atoms with van der Waals surface area (Å²) in [6, 6.07) is 9.02. The Morgan fingerprint density at radius 1 is 0.960 bits per heavy atom. The SMILES string of the molecule is CC1C(=O)N(Cc2cc(=O)n(C)c(=O)n2C)C(=O)N1c1ccccc1. The molecule has 0 spiro atoms. The Labute approximate surface area is 143 Å². The minimum atomic E-state index is -0.654. The van der Waals surface area contributed by atoms with Gasteiger partial charge in [-0.05, 0) is 19.1 Å². The van der Waals surface area contributed by atoms with Gasteiger partial charge in [-0.15, -0.1) is 0 Å². The number of imide groups is 1. The van der Waals surface area contributed by atoms with Crippen LogP contribution in [-0.4, -0.2) is 32.0 Å². The number of rotatable bonds is 3. The van der Waals surface area contributed by atoms with E-state index in [1.54, 1.807) is 31.2 Å². The van der Waals surface area contributed by atoms with E-state index in [1.807, 2.05) is 6.07 Å². The third kappa shape index (κ3) is 2.65. The highest BCUT2D eigenvalue weighted by molar-refractivity contribution is 6.13. The molecule has 25 heavy (non-hydrogen) atoms. The molecule has 8 heteroatoms. The third-order valence-corrected chi connectivity index (χ3v) is 4.43. The van der Waals surface area contributed by atoms with Gasteiger partial charge in [0.1, 0.15) is 6.04 Å². The molecule has 0 N–H and O–H groups in total. The molecule has 130 valence electrons. The van der Waals surface area contributed by atoms with Gasteiger partial charge in [0, 0.05) is 31.5 Å². The summed E-state index contributed by atoms with van der Waals surface area (Å²) < 4.78 is 2.23. The smallest absolute Gasteiger partial charge is 0.299 e. The number of carbonyl (C=O) groups excluding carboxylic acids is 2. The summed E-state index contributed by atoms with van der Waals surface area (Å²) in [6.07, 6.45) is 0. The van der Waals surface area contributed by atoms with E-state index in [1.165, 1.54) is 29.6 Å². The van der Waals surface area contributed by atoms with Gasteiger partial charge < -0.3 is 0 Å². The number of hydrogen-bond acceptors (Lipinski definition) is 4. The number of aromatic nitrogens is 2. The first-order valence-corrected chi connectivity index (χ1v) is 7.78. The Balaban J connectivity index is 1.97.